The summed E-state index contributed by atoms with van der Waals surface area (Å²) in [6, 6.07) is 7.89. The van der Waals surface area contributed by atoms with Gasteiger partial charge < -0.3 is 5.11 Å². The number of carboxylic acids is 1. The Kier molecular flexibility index (Phi) is 3.95. The molecule has 0 saturated carbocycles. The molecule has 0 aliphatic rings. The molecule has 1 heterocycles. The van der Waals surface area contributed by atoms with Gasteiger partial charge in [0.15, 0.2) is 0 Å². The van der Waals surface area contributed by atoms with Crippen LogP contribution in [-0.4, -0.2) is 21.0 Å². The van der Waals surface area contributed by atoms with Crippen molar-refractivity contribution < 1.29 is 9.90 Å². The van der Waals surface area contributed by atoms with Crippen LogP contribution in [0.5, 0.6) is 0 Å². The Labute approximate surface area is 119 Å². The first-order chi connectivity index (χ1) is 8.97. The van der Waals surface area contributed by atoms with E-state index in [4.69, 9.17) is 5.11 Å². The first-order valence-electron chi connectivity index (χ1n) is 5.79. The number of hydrogen-bond donors (Lipinski definition) is 1. The standard InChI is InChI=1S/C14H13BrN2O2/c1-8-13(14(18)19)9(2)17-12(16-8)7-10-4-3-5-11(15)6-10/h3-6H,7H2,1-2H3,(H,18,19). The van der Waals surface area contributed by atoms with Gasteiger partial charge in [-0.1, -0.05) is 28.1 Å². The van der Waals surface area contributed by atoms with Crippen LogP contribution in [0.15, 0.2) is 28.7 Å². The van der Waals surface area contributed by atoms with Crippen LogP contribution in [-0.2, 0) is 6.42 Å². The molecule has 0 saturated heterocycles. The summed E-state index contributed by atoms with van der Waals surface area (Å²) in [7, 11) is 0. The maximum absolute atomic E-state index is 11.1. The third-order valence-corrected chi connectivity index (χ3v) is 3.28. The van der Waals surface area contributed by atoms with Crippen molar-refractivity contribution in [3.05, 3.63) is 57.1 Å². The number of benzene rings is 1. The summed E-state index contributed by atoms with van der Waals surface area (Å²) in [4.78, 5) is 19.6. The van der Waals surface area contributed by atoms with Crippen LogP contribution >= 0.6 is 15.9 Å². The largest absolute Gasteiger partial charge is 0.478 e. The Balaban J connectivity index is 2.35. The molecular weight excluding hydrogens is 308 g/mol. The summed E-state index contributed by atoms with van der Waals surface area (Å²) in [5, 5.41) is 9.08. The van der Waals surface area contributed by atoms with E-state index in [-0.39, 0.29) is 5.56 Å². The lowest BCUT2D eigenvalue weighted by atomic mass is 10.1. The van der Waals surface area contributed by atoms with Gasteiger partial charge in [0.1, 0.15) is 11.4 Å². The second-order valence-electron chi connectivity index (χ2n) is 4.30. The second kappa shape index (κ2) is 5.48. The van der Waals surface area contributed by atoms with E-state index in [2.05, 4.69) is 25.9 Å². The lowest BCUT2D eigenvalue weighted by Gasteiger charge is -2.07. The Hall–Kier alpha value is -1.75. The summed E-state index contributed by atoms with van der Waals surface area (Å²) in [5.74, 6) is -0.345. The molecule has 0 fully saturated rings. The summed E-state index contributed by atoms with van der Waals surface area (Å²) in [6.45, 7) is 3.39. The van der Waals surface area contributed by atoms with Crippen LogP contribution in [0, 0.1) is 13.8 Å². The molecule has 1 aromatic carbocycles. The van der Waals surface area contributed by atoms with E-state index >= 15 is 0 Å². The predicted octanol–water partition coefficient (Wildman–Crippen LogP) is 3.14. The van der Waals surface area contributed by atoms with Crippen LogP contribution in [0.1, 0.15) is 33.1 Å². The van der Waals surface area contributed by atoms with Gasteiger partial charge in [-0.2, -0.15) is 0 Å². The van der Waals surface area contributed by atoms with Crippen molar-refractivity contribution in [3.63, 3.8) is 0 Å². The fourth-order valence-electron chi connectivity index (χ4n) is 2.00. The third-order valence-electron chi connectivity index (χ3n) is 2.78. The number of aryl methyl sites for hydroxylation is 2. The van der Waals surface area contributed by atoms with Crippen molar-refractivity contribution in [1.29, 1.82) is 0 Å². The minimum atomic E-state index is -0.982. The molecule has 0 aliphatic heterocycles. The zero-order valence-electron chi connectivity index (χ0n) is 10.6. The molecule has 0 amide bonds. The van der Waals surface area contributed by atoms with Crippen molar-refractivity contribution in [1.82, 2.24) is 9.97 Å². The number of hydrogen-bond acceptors (Lipinski definition) is 3. The van der Waals surface area contributed by atoms with E-state index in [1.165, 1.54) is 0 Å². The normalized spacial score (nSPS) is 10.5. The van der Waals surface area contributed by atoms with Gasteiger partial charge in [0.2, 0.25) is 0 Å². The van der Waals surface area contributed by atoms with Crippen LogP contribution in [0.3, 0.4) is 0 Å². The molecule has 0 bridgehead atoms. The maximum atomic E-state index is 11.1. The average molecular weight is 321 g/mol. The Morgan fingerprint density at radius 1 is 1.26 bits per heavy atom. The molecule has 0 atom stereocenters. The van der Waals surface area contributed by atoms with Gasteiger partial charge in [0.25, 0.3) is 0 Å². The molecule has 0 unspecified atom stereocenters. The van der Waals surface area contributed by atoms with Gasteiger partial charge in [0, 0.05) is 10.9 Å². The number of rotatable bonds is 3. The van der Waals surface area contributed by atoms with Crippen molar-refractivity contribution >= 4 is 21.9 Å². The quantitative estimate of drug-likeness (QED) is 0.943. The van der Waals surface area contributed by atoms with Crippen LogP contribution in [0.25, 0.3) is 0 Å². The first-order valence-corrected chi connectivity index (χ1v) is 6.58. The molecule has 2 rings (SSSR count). The SMILES string of the molecule is Cc1nc(Cc2cccc(Br)c2)nc(C)c1C(=O)O. The Morgan fingerprint density at radius 3 is 2.42 bits per heavy atom. The number of nitrogens with zero attached hydrogens (tertiary/aromatic N) is 2. The van der Waals surface area contributed by atoms with Gasteiger partial charge in [-0.3, -0.25) is 0 Å². The number of aromatic carboxylic acids is 1. The van der Waals surface area contributed by atoms with Gasteiger partial charge in [-0.05, 0) is 31.5 Å². The minimum absolute atomic E-state index is 0.193. The van der Waals surface area contributed by atoms with Gasteiger partial charge >= 0.3 is 5.97 Å². The van der Waals surface area contributed by atoms with Gasteiger partial charge in [-0.15, -0.1) is 0 Å². The molecular formula is C14H13BrN2O2. The van der Waals surface area contributed by atoms with E-state index in [9.17, 15) is 4.79 Å². The lowest BCUT2D eigenvalue weighted by molar-refractivity contribution is 0.0694. The maximum Gasteiger partial charge on any atom is 0.339 e. The van der Waals surface area contributed by atoms with E-state index in [1.54, 1.807) is 13.8 Å². The predicted molar refractivity (Wildman–Crippen MR) is 75.4 cm³/mol. The monoisotopic (exact) mass is 320 g/mol. The highest BCUT2D eigenvalue weighted by atomic mass is 79.9. The molecule has 2 aromatic rings. The topological polar surface area (TPSA) is 63.1 Å². The van der Waals surface area contributed by atoms with Crippen molar-refractivity contribution in [2.45, 2.75) is 20.3 Å². The highest BCUT2D eigenvalue weighted by Crippen LogP contribution is 2.16. The number of aromatic nitrogens is 2. The summed E-state index contributed by atoms with van der Waals surface area (Å²) in [5.41, 5.74) is 2.28. The molecule has 1 N–H and O–H groups in total. The van der Waals surface area contributed by atoms with E-state index in [0.717, 1.165) is 10.0 Å². The van der Waals surface area contributed by atoms with Gasteiger partial charge in [-0.25, -0.2) is 14.8 Å². The fraction of sp³-hybridized carbons (Fsp3) is 0.214. The number of carboxylic acid groups (broad SMARTS) is 1. The van der Waals surface area contributed by atoms with Crippen molar-refractivity contribution in [2.75, 3.05) is 0 Å². The first kappa shape index (κ1) is 13.7. The molecule has 19 heavy (non-hydrogen) atoms. The highest BCUT2D eigenvalue weighted by Gasteiger charge is 2.14. The van der Waals surface area contributed by atoms with Crippen molar-refractivity contribution in [3.8, 4) is 0 Å². The molecule has 1 aromatic heterocycles. The minimum Gasteiger partial charge on any atom is -0.478 e. The Morgan fingerprint density at radius 2 is 1.89 bits per heavy atom. The zero-order valence-corrected chi connectivity index (χ0v) is 12.2. The number of carbonyl (C=O) groups is 1. The van der Waals surface area contributed by atoms with Gasteiger partial charge in [0.05, 0.1) is 11.4 Å². The summed E-state index contributed by atoms with van der Waals surface area (Å²) < 4.78 is 1.00. The third kappa shape index (κ3) is 3.17. The fourth-order valence-corrected chi connectivity index (χ4v) is 2.45. The van der Waals surface area contributed by atoms with Crippen LogP contribution < -0.4 is 0 Å². The molecule has 4 nitrogen and oxygen atoms in total. The lowest BCUT2D eigenvalue weighted by Crippen LogP contribution is -2.10. The van der Waals surface area contributed by atoms with E-state index < -0.39 is 5.97 Å². The Bertz CT molecular complexity index is 618. The van der Waals surface area contributed by atoms with Crippen LogP contribution in [0.2, 0.25) is 0 Å². The van der Waals surface area contributed by atoms with E-state index in [1.807, 2.05) is 24.3 Å². The van der Waals surface area contributed by atoms with Crippen molar-refractivity contribution in [2.24, 2.45) is 0 Å². The molecule has 0 aliphatic carbocycles. The summed E-state index contributed by atoms with van der Waals surface area (Å²) in [6.07, 6.45) is 0.584. The van der Waals surface area contributed by atoms with E-state index in [0.29, 0.717) is 23.6 Å². The number of halogens is 1. The average Bonchev–Trinajstić information content (AvgIpc) is 2.27. The molecule has 0 spiro atoms. The molecule has 5 heteroatoms. The smallest absolute Gasteiger partial charge is 0.339 e. The highest BCUT2D eigenvalue weighted by molar-refractivity contribution is 9.10. The van der Waals surface area contributed by atoms with Crippen LogP contribution in [0.4, 0.5) is 0 Å². The zero-order chi connectivity index (χ0) is 14.0. The molecule has 0 radical (unpaired) electrons. The molecule has 98 valence electrons. The second-order valence-corrected chi connectivity index (χ2v) is 5.21. The summed E-state index contributed by atoms with van der Waals surface area (Å²) >= 11 is 3.42.